The zero-order chi connectivity index (χ0) is 14.7. The summed E-state index contributed by atoms with van der Waals surface area (Å²) in [7, 11) is 0. The van der Waals surface area contributed by atoms with E-state index < -0.39 is 29.5 Å². The number of rotatable bonds is 3. The summed E-state index contributed by atoms with van der Waals surface area (Å²) < 4.78 is 12.7. The Bertz CT molecular complexity index is 568. The molecule has 1 heterocycles. The third-order valence-corrected chi connectivity index (χ3v) is 2.83. The van der Waals surface area contributed by atoms with E-state index in [2.05, 4.69) is 28.2 Å². The van der Waals surface area contributed by atoms with Gasteiger partial charge >= 0.3 is 0 Å². The lowest BCUT2D eigenvalue weighted by molar-refractivity contribution is -0.137. The molecular weight excluding hydrogens is 285 g/mol. The summed E-state index contributed by atoms with van der Waals surface area (Å²) in [4.78, 5) is 34.9. The van der Waals surface area contributed by atoms with Gasteiger partial charge < -0.3 is 16.0 Å². The molecule has 1 saturated heterocycles. The van der Waals surface area contributed by atoms with Gasteiger partial charge in [0.15, 0.2) is 5.11 Å². The Morgan fingerprint density at radius 3 is 2.30 bits per heavy atom. The number of carbonyl (C=O) groups excluding carboxylic acids is 3. The summed E-state index contributed by atoms with van der Waals surface area (Å²) in [5.74, 6) is -3.33. The van der Waals surface area contributed by atoms with Crippen molar-refractivity contribution >= 4 is 40.7 Å². The van der Waals surface area contributed by atoms with Gasteiger partial charge in [-0.15, -0.1) is 0 Å². The average molecular weight is 295 g/mol. The van der Waals surface area contributed by atoms with Crippen LogP contribution in [0.15, 0.2) is 24.3 Å². The molecule has 1 aliphatic rings. The van der Waals surface area contributed by atoms with E-state index >= 15 is 0 Å². The molecule has 0 unspecified atom stereocenters. The molecule has 3 amide bonds. The third kappa shape index (κ3) is 3.35. The molecule has 0 bridgehead atoms. The van der Waals surface area contributed by atoms with Crippen molar-refractivity contribution in [3.05, 3.63) is 30.1 Å². The van der Waals surface area contributed by atoms with Crippen molar-refractivity contribution in [3.8, 4) is 0 Å². The van der Waals surface area contributed by atoms with Crippen LogP contribution in [0.25, 0.3) is 0 Å². The van der Waals surface area contributed by atoms with E-state index in [9.17, 15) is 18.8 Å². The molecule has 0 radical (unpaired) electrons. The highest BCUT2D eigenvalue weighted by atomic mass is 32.1. The zero-order valence-corrected chi connectivity index (χ0v) is 10.9. The van der Waals surface area contributed by atoms with Crippen molar-refractivity contribution in [1.29, 1.82) is 0 Å². The predicted molar refractivity (Wildman–Crippen MR) is 72.0 cm³/mol. The highest BCUT2D eigenvalue weighted by Crippen LogP contribution is 2.12. The van der Waals surface area contributed by atoms with Crippen molar-refractivity contribution < 1.29 is 18.8 Å². The van der Waals surface area contributed by atoms with E-state index in [4.69, 9.17) is 0 Å². The first-order valence-electron chi connectivity index (χ1n) is 5.67. The maximum Gasteiger partial charge on any atom is 0.239 e. The Labute approximate surface area is 118 Å². The average Bonchev–Trinajstić information content (AvgIpc) is 2.36. The number of thiocarbonyl (C=S) groups is 1. The molecule has 6 nitrogen and oxygen atoms in total. The SMILES string of the molecule is O=C(CC1C(=O)NC(=S)NC1=O)Nc1ccc(F)cc1. The molecule has 8 heteroatoms. The lowest BCUT2D eigenvalue weighted by Gasteiger charge is -2.21. The van der Waals surface area contributed by atoms with Crippen LogP contribution in [0, 0.1) is 11.7 Å². The summed E-state index contributed by atoms with van der Waals surface area (Å²) in [6, 6.07) is 5.13. The van der Waals surface area contributed by atoms with Crippen molar-refractivity contribution in [1.82, 2.24) is 10.6 Å². The molecule has 0 spiro atoms. The largest absolute Gasteiger partial charge is 0.326 e. The Morgan fingerprint density at radius 2 is 1.75 bits per heavy atom. The number of anilines is 1. The molecule has 2 rings (SSSR count). The second-order valence-electron chi connectivity index (χ2n) is 4.12. The molecule has 20 heavy (non-hydrogen) atoms. The first-order valence-corrected chi connectivity index (χ1v) is 6.07. The van der Waals surface area contributed by atoms with Gasteiger partial charge in [0.1, 0.15) is 11.7 Å². The smallest absolute Gasteiger partial charge is 0.239 e. The molecule has 1 fully saturated rings. The van der Waals surface area contributed by atoms with Crippen LogP contribution < -0.4 is 16.0 Å². The van der Waals surface area contributed by atoms with Crippen LogP contribution in [-0.4, -0.2) is 22.8 Å². The summed E-state index contributed by atoms with van der Waals surface area (Å²) in [5.41, 5.74) is 0.378. The molecule has 1 aliphatic heterocycles. The molecule has 1 aromatic carbocycles. The van der Waals surface area contributed by atoms with Crippen LogP contribution in [0.5, 0.6) is 0 Å². The summed E-state index contributed by atoms with van der Waals surface area (Å²) in [6.07, 6.45) is -0.322. The van der Waals surface area contributed by atoms with Gasteiger partial charge in [-0.1, -0.05) is 0 Å². The van der Waals surface area contributed by atoms with Gasteiger partial charge in [-0.05, 0) is 36.5 Å². The Morgan fingerprint density at radius 1 is 1.20 bits per heavy atom. The van der Waals surface area contributed by atoms with Crippen molar-refractivity contribution in [2.45, 2.75) is 6.42 Å². The number of halogens is 1. The fourth-order valence-electron chi connectivity index (χ4n) is 1.66. The monoisotopic (exact) mass is 295 g/mol. The van der Waals surface area contributed by atoms with Gasteiger partial charge in [-0.25, -0.2) is 4.39 Å². The van der Waals surface area contributed by atoms with Crippen LogP contribution in [0.1, 0.15) is 6.42 Å². The minimum absolute atomic E-state index is 0.0739. The topological polar surface area (TPSA) is 87.3 Å². The number of amides is 3. The second kappa shape index (κ2) is 5.74. The molecule has 0 atom stereocenters. The number of benzene rings is 1. The number of hydrogen-bond acceptors (Lipinski definition) is 4. The van der Waals surface area contributed by atoms with Crippen LogP contribution in [0.4, 0.5) is 10.1 Å². The van der Waals surface area contributed by atoms with Gasteiger partial charge in [0.25, 0.3) is 0 Å². The summed E-state index contributed by atoms with van der Waals surface area (Å²) in [6.45, 7) is 0. The van der Waals surface area contributed by atoms with Crippen molar-refractivity contribution in [2.75, 3.05) is 5.32 Å². The lowest BCUT2D eigenvalue weighted by atomic mass is 10.0. The highest BCUT2D eigenvalue weighted by Gasteiger charge is 2.34. The summed E-state index contributed by atoms with van der Waals surface area (Å²) in [5, 5.41) is 6.93. The van der Waals surface area contributed by atoms with E-state index in [-0.39, 0.29) is 11.5 Å². The molecule has 0 saturated carbocycles. The fourth-order valence-corrected chi connectivity index (χ4v) is 1.87. The maximum absolute atomic E-state index is 12.7. The molecule has 104 valence electrons. The maximum atomic E-state index is 12.7. The first kappa shape index (κ1) is 14.1. The number of carbonyl (C=O) groups is 3. The number of hydrogen-bond donors (Lipinski definition) is 3. The molecular formula is C12H10FN3O3S. The van der Waals surface area contributed by atoms with Gasteiger partial charge in [0.05, 0.1) is 0 Å². The highest BCUT2D eigenvalue weighted by molar-refractivity contribution is 7.80. The molecule has 1 aromatic rings. The zero-order valence-electron chi connectivity index (χ0n) is 10.1. The van der Waals surface area contributed by atoms with Crippen molar-refractivity contribution in [2.24, 2.45) is 5.92 Å². The first-order chi connectivity index (χ1) is 9.45. The Kier molecular flexibility index (Phi) is 4.04. The van der Waals surface area contributed by atoms with E-state index in [1.165, 1.54) is 24.3 Å². The van der Waals surface area contributed by atoms with E-state index in [0.29, 0.717) is 5.69 Å². The van der Waals surface area contributed by atoms with Crippen LogP contribution in [0.2, 0.25) is 0 Å². The molecule has 0 aliphatic carbocycles. The molecule has 3 N–H and O–H groups in total. The third-order valence-electron chi connectivity index (χ3n) is 2.62. The minimum atomic E-state index is -1.14. The second-order valence-corrected chi connectivity index (χ2v) is 4.53. The van der Waals surface area contributed by atoms with Crippen LogP contribution >= 0.6 is 12.2 Å². The van der Waals surface area contributed by atoms with Gasteiger partial charge in [0, 0.05) is 12.1 Å². The minimum Gasteiger partial charge on any atom is -0.326 e. The quantitative estimate of drug-likeness (QED) is 0.553. The van der Waals surface area contributed by atoms with Crippen LogP contribution in [-0.2, 0) is 14.4 Å². The molecule has 0 aromatic heterocycles. The Hall–Kier alpha value is -2.35. The van der Waals surface area contributed by atoms with Gasteiger partial charge in [-0.2, -0.15) is 0 Å². The van der Waals surface area contributed by atoms with E-state index in [1.807, 2.05) is 0 Å². The normalized spacial score (nSPS) is 15.6. The van der Waals surface area contributed by atoms with Crippen molar-refractivity contribution in [3.63, 3.8) is 0 Å². The summed E-state index contributed by atoms with van der Waals surface area (Å²) >= 11 is 4.64. The van der Waals surface area contributed by atoms with E-state index in [1.54, 1.807) is 0 Å². The van der Waals surface area contributed by atoms with Gasteiger partial charge in [-0.3, -0.25) is 14.4 Å². The predicted octanol–water partition coefficient (Wildman–Crippen LogP) is 0.301. The lowest BCUT2D eigenvalue weighted by Crippen LogP contribution is -2.56. The van der Waals surface area contributed by atoms with E-state index in [0.717, 1.165) is 0 Å². The van der Waals surface area contributed by atoms with Gasteiger partial charge in [0.2, 0.25) is 17.7 Å². The Balaban J connectivity index is 1.97. The number of nitrogens with one attached hydrogen (secondary N) is 3. The fraction of sp³-hybridized carbons (Fsp3) is 0.167. The van der Waals surface area contributed by atoms with Crippen LogP contribution in [0.3, 0.4) is 0 Å². The standard InChI is InChI=1S/C12H10FN3O3S/c13-6-1-3-7(4-2-6)14-9(17)5-8-10(18)15-12(20)16-11(8)19/h1-4,8H,5H2,(H,14,17)(H2,15,16,18,19,20).